The van der Waals surface area contributed by atoms with E-state index < -0.39 is 0 Å². The molecule has 19 heavy (non-hydrogen) atoms. The van der Waals surface area contributed by atoms with Crippen LogP contribution >= 0.6 is 15.9 Å². The average molecular weight is 322 g/mol. The van der Waals surface area contributed by atoms with Crippen LogP contribution in [-0.4, -0.2) is 15.7 Å². The largest absolute Gasteiger partial charge is 0.322 e. The van der Waals surface area contributed by atoms with Gasteiger partial charge in [-0.1, -0.05) is 15.9 Å². The van der Waals surface area contributed by atoms with Crippen molar-refractivity contribution in [1.82, 2.24) is 9.78 Å². The number of carbonyl (C=O) groups is 1. The van der Waals surface area contributed by atoms with Crippen molar-refractivity contribution in [1.29, 1.82) is 0 Å². The third-order valence-corrected chi connectivity index (χ3v) is 4.04. The first-order chi connectivity index (χ1) is 8.90. The molecule has 2 aromatic rings. The number of nitrogens with one attached hydrogen (secondary N) is 1. The maximum atomic E-state index is 12.3. The van der Waals surface area contributed by atoms with Gasteiger partial charge in [0.1, 0.15) is 0 Å². The average Bonchev–Trinajstić information content (AvgIpc) is 2.58. The molecule has 0 aliphatic heterocycles. The van der Waals surface area contributed by atoms with Crippen LogP contribution in [0.4, 0.5) is 5.69 Å². The minimum absolute atomic E-state index is 0.121. The van der Waals surface area contributed by atoms with Gasteiger partial charge in [0.25, 0.3) is 5.91 Å². The zero-order valence-corrected chi connectivity index (χ0v) is 13.0. The van der Waals surface area contributed by atoms with Crippen LogP contribution in [0.5, 0.6) is 0 Å². The molecule has 5 heteroatoms. The summed E-state index contributed by atoms with van der Waals surface area (Å²) in [5.41, 5.74) is 4.11. The Balaban J connectivity index is 2.28. The van der Waals surface area contributed by atoms with E-state index in [9.17, 15) is 4.79 Å². The highest BCUT2D eigenvalue weighted by Crippen LogP contribution is 2.21. The van der Waals surface area contributed by atoms with E-state index >= 15 is 0 Å². The third kappa shape index (κ3) is 2.71. The first kappa shape index (κ1) is 13.8. The highest BCUT2D eigenvalue weighted by molar-refractivity contribution is 9.10. The number of rotatable bonds is 2. The van der Waals surface area contributed by atoms with Crippen molar-refractivity contribution in [2.45, 2.75) is 20.8 Å². The van der Waals surface area contributed by atoms with E-state index in [2.05, 4.69) is 26.3 Å². The molecule has 2 rings (SSSR count). The van der Waals surface area contributed by atoms with E-state index in [0.717, 1.165) is 27.1 Å². The molecule has 0 aliphatic rings. The Morgan fingerprint density at radius 1 is 1.32 bits per heavy atom. The normalized spacial score (nSPS) is 10.6. The number of anilines is 1. The zero-order chi connectivity index (χ0) is 14.2. The van der Waals surface area contributed by atoms with Crippen LogP contribution in [0.15, 0.2) is 22.7 Å². The van der Waals surface area contributed by atoms with Crippen LogP contribution in [0.2, 0.25) is 0 Å². The Morgan fingerprint density at radius 3 is 2.53 bits per heavy atom. The van der Waals surface area contributed by atoms with Gasteiger partial charge >= 0.3 is 0 Å². The van der Waals surface area contributed by atoms with E-state index in [-0.39, 0.29) is 5.91 Å². The number of amides is 1. The topological polar surface area (TPSA) is 46.9 Å². The Hall–Kier alpha value is -1.62. The molecule has 1 aromatic heterocycles. The molecule has 1 N–H and O–H groups in total. The molecule has 100 valence electrons. The fourth-order valence-electron chi connectivity index (χ4n) is 2.02. The quantitative estimate of drug-likeness (QED) is 0.921. The lowest BCUT2D eigenvalue weighted by Crippen LogP contribution is -2.14. The Kier molecular flexibility index (Phi) is 3.75. The van der Waals surface area contributed by atoms with Crippen molar-refractivity contribution in [2.24, 2.45) is 7.05 Å². The maximum absolute atomic E-state index is 12.3. The van der Waals surface area contributed by atoms with E-state index in [4.69, 9.17) is 0 Å². The van der Waals surface area contributed by atoms with Gasteiger partial charge in [0.2, 0.25) is 0 Å². The lowest BCUT2D eigenvalue weighted by Gasteiger charge is -2.07. The third-order valence-electron chi connectivity index (χ3n) is 3.15. The number of nitrogens with zero attached hydrogens (tertiary/aromatic N) is 2. The van der Waals surface area contributed by atoms with Gasteiger partial charge in [-0.3, -0.25) is 9.48 Å². The molecular formula is C14H16BrN3O. The number of benzene rings is 1. The van der Waals surface area contributed by atoms with E-state index in [1.54, 1.807) is 4.68 Å². The van der Waals surface area contributed by atoms with Gasteiger partial charge < -0.3 is 5.32 Å². The first-order valence-electron chi connectivity index (χ1n) is 5.98. The fraction of sp³-hybridized carbons (Fsp3) is 0.286. The zero-order valence-electron chi connectivity index (χ0n) is 11.4. The molecule has 0 saturated heterocycles. The number of hydrogen-bond acceptors (Lipinski definition) is 2. The van der Waals surface area contributed by atoms with Crippen LogP contribution in [0.3, 0.4) is 0 Å². The van der Waals surface area contributed by atoms with Gasteiger partial charge in [0.05, 0.1) is 11.3 Å². The van der Waals surface area contributed by atoms with E-state index in [1.807, 2.05) is 46.0 Å². The molecule has 1 aromatic carbocycles. The summed E-state index contributed by atoms with van der Waals surface area (Å²) in [5, 5.41) is 7.16. The van der Waals surface area contributed by atoms with Gasteiger partial charge in [0, 0.05) is 22.9 Å². The fourth-order valence-corrected chi connectivity index (χ4v) is 2.26. The Bertz CT molecular complexity index is 646. The van der Waals surface area contributed by atoms with Crippen molar-refractivity contribution in [3.63, 3.8) is 0 Å². The van der Waals surface area contributed by atoms with Crippen molar-refractivity contribution in [2.75, 3.05) is 5.32 Å². The number of halogens is 1. The summed E-state index contributed by atoms with van der Waals surface area (Å²) in [5.74, 6) is -0.121. The number of carbonyl (C=O) groups excluding carboxylic acids is 1. The van der Waals surface area contributed by atoms with Gasteiger partial charge in [-0.15, -0.1) is 0 Å². The molecule has 0 aliphatic carbocycles. The van der Waals surface area contributed by atoms with Gasteiger partial charge in [-0.05, 0) is 44.5 Å². The molecule has 0 spiro atoms. The molecule has 4 nitrogen and oxygen atoms in total. The monoisotopic (exact) mass is 321 g/mol. The summed E-state index contributed by atoms with van der Waals surface area (Å²) in [4.78, 5) is 12.3. The van der Waals surface area contributed by atoms with Crippen molar-refractivity contribution < 1.29 is 4.79 Å². The van der Waals surface area contributed by atoms with Gasteiger partial charge in [-0.2, -0.15) is 5.10 Å². The highest BCUT2D eigenvalue weighted by atomic mass is 79.9. The smallest absolute Gasteiger partial charge is 0.259 e. The van der Waals surface area contributed by atoms with Crippen LogP contribution < -0.4 is 5.32 Å². The van der Waals surface area contributed by atoms with Crippen LogP contribution in [0.25, 0.3) is 0 Å². The summed E-state index contributed by atoms with van der Waals surface area (Å²) < 4.78 is 2.75. The van der Waals surface area contributed by atoms with Gasteiger partial charge in [0.15, 0.2) is 0 Å². The molecule has 1 amide bonds. The summed E-state index contributed by atoms with van der Waals surface area (Å²) in [6.45, 7) is 5.72. The minimum atomic E-state index is -0.121. The van der Waals surface area contributed by atoms with Gasteiger partial charge in [-0.25, -0.2) is 0 Å². The predicted octanol–water partition coefficient (Wildman–Crippen LogP) is 3.36. The molecule has 0 saturated carbocycles. The maximum Gasteiger partial charge on any atom is 0.259 e. The Morgan fingerprint density at radius 2 is 2.00 bits per heavy atom. The number of aromatic nitrogens is 2. The lowest BCUT2D eigenvalue weighted by atomic mass is 10.1. The second kappa shape index (κ2) is 5.17. The van der Waals surface area contributed by atoms with Crippen LogP contribution in [-0.2, 0) is 7.05 Å². The SMILES string of the molecule is Cc1cc(NC(=O)c2c(C)nn(C)c2C)ccc1Br. The Labute approximate surface area is 120 Å². The number of hydrogen-bond donors (Lipinski definition) is 1. The lowest BCUT2D eigenvalue weighted by molar-refractivity contribution is 0.102. The molecule has 1 heterocycles. The van der Waals surface area contributed by atoms with Crippen molar-refractivity contribution >= 4 is 27.5 Å². The van der Waals surface area contributed by atoms with E-state index in [1.165, 1.54) is 0 Å². The van der Waals surface area contributed by atoms with Crippen LogP contribution in [0.1, 0.15) is 27.3 Å². The summed E-state index contributed by atoms with van der Waals surface area (Å²) in [6.07, 6.45) is 0. The summed E-state index contributed by atoms with van der Waals surface area (Å²) in [7, 11) is 1.84. The standard InChI is InChI=1S/C14H16BrN3O/c1-8-7-11(5-6-12(8)15)16-14(19)13-9(2)17-18(4)10(13)3/h5-7H,1-4H3,(H,16,19). The second-order valence-electron chi connectivity index (χ2n) is 4.59. The molecule has 0 radical (unpaired) electrons. The molecule has 0 bridgehead atoms. The molecular weight excluding hydrogens is 306 g/mol. The molecule has 0 unspecified atom stereocenters. The summed E-state index contributed by atoms with van der Waals surface area (Å²) in [6, 6.07) is 5.73. The first-order valence-corrected chi connectivity index (χ1v) is 6.77. The minimum Gasteiger partial charge on any atom is -0.322 e. The molecule has 0 fully saturated rings. The van der Waals surface area contributed by atoms with Crippen LogP contribution in [0, 0.1) is 20.8 Å². The van der Waals surface area contributed by atoms with Crippen molar-refractivity contribution in [3.8, 4) is 0 Å². The van der Waals surface area contributed by atoms with E-state index in [0.29, 0.717) is 5.56 Å². The highest BCUT2D eigenvalue weighted by Gasteiger charge is 2.17. The number of aryl methyl sites for hydroxylation is 3. The summed E-state index contributed by atoms with van der Waals surface area (Å²) >= 11 is 3.44. The predicted molar refractivity (Wildman–Crippen MR) is 79.5 cm³/mol. The van der Waals surface area contributed by atoms with Crippen molar-refractivity contribution in [3.05, 3.63) is 45.2 Å². The second-order valence-corrected chi connectivity index (χ2v) is 5.44. The molecule has 0 atom stereocenters.